The van der Waals surface area contributed by atoms with Crippen LogP contribution in [0.5, 0.6) is 0 Å². The van der Waals surface area contributed by atoms with Crippen LogP contribution in [0.1, 0.15) is 33.1 Å². The van der Waals surface area contributed by atoms with Gasteiger partial charge in [0.25, 0.3) is 0 Å². The van der Waals surface area contributed by atoms with E-state index in [4.69, 9.17) is 0 Å². The summed E-state index contributed by atoms with van der Waals surface area (Å²) in [6.45, 7) is 5.34. The van der Waals surface area contributed by atoms with Crippen molar-refractivity contribution in [2.24, 2.45) is 10.9 Å². The zero-order valence-electron chi connectivity index (χ0n) is 12.0. The molecule has 100 valence electrons. The van der Waals surface area contributed by atoms with Crippen LogP contribution in [0.2, 0.25) is 0 Å². The van der Waals surface area contributed by atoms with E-state index in [1.165, 1.54) is 12.8 Å². The van der Waals surface area contributed by atoms with Crippen molar-refractivity contribution in [1.82, 2.24) is 15.5 Å². The molecule has 0 saturated heterocycles. The van der Waals surface area contributed by atoms with E-state index < -0.39 is 0 Å². The van der Waals surface area contributed by atoms with Crippen molar-refractivity contribution in [2.45, 2.75) is 45.2 Å². The fourth-order valence-electron chi connectivity index (χ4n) is 1.98. The van der Waals surface area contributed by atoms with E-state index in [-0.39, 0.29) is 0 Å². The fraction of sp³-hybridized carbons (Fsp3) is 0.923. The maximum absolute atomic E-state index is 4.26. The molecule has 4 heteroatoms. The largest absolute Gasteiger partial charge is 0.355 e. The topological polar surface area (TPSA) is 39.7 Å². The van der Waals surface area contributed by atoms with Gasteiger partial charge in [0, 0.05) is 25.7 Å². The molecule has 2 N–H and O–H groups in total. The lowest BCUT2D eigenvalue weighted by molar-refractivity contribution is 0.264. The molecule has 17 heavy (non-hydrogen) atoms. The third-order valence-corrected chi connectivity index (χ3v) is 3.53. The normalized spacial score (nSPS) is 20.2. The Morgan fingerprint density at radius 3 is 2.47 bits per heavy atom. The highest BCUT2D eigenvalue weighted by molar-refractivity contribution is 5.79. The molecule has 0 aromatic carbocycles. The molecule has 2 atom stereocenters. The van der Waals surface area contributed by atoms with Crippen LogP contribution in [0.4, 0.5) is 0 Å². The number of hydrogen-bond donors (Lipinski definition) is 2. The molecule has 0 aliphatic heterocycles. The second-order valence-electron chi connectivity index (χ2n) is 5.28. The van der Waals surface area contributed by atoms with E-state index in [0.717, 1.165) is 24.8 Å². The Morgan fingerprint density at radius 1 is 1.41 bits per heavy atom. The molecule has 1 rings (SSSR count). The van der Waals surface area contributed by atoms with Crippen LogP contribution in [-0.2, 0) is 0 Å². The van der Waals surface area contributed by atoms with E-state index in [2.05, 4.69) is 48.5 Å². The van der Waals surface area contributed by atoms with Crippen LogP contribution in [0, 0.1) is 5.92 Å². The molecule has 0 aromatic rings. The molecule has 4 nitrogen and oxygen atoms in total. The predicted octanol–water partition coefficient (Wildman–Crippen LogP) is 1.29. The third kappa shape index (κ3) is 4.94. The second-order valence-corrected chi connectivity index (χ2v) is 5.28. The summed E-state index contributed by atoms with van der Waals surface area (Å²) in [6, 6.07) is 1.10. The lowest BCUT2D eigenvalue weighted by Gasteiger charge is -2.26. The molecule has 0 bridgehead atoms. The highest BCUT2D eigenvalue weighted by Crippen LogP contribution is 2.34. The van der Waals surface area contributed by atoms with Gasteiger partial charge in [-0.2, -0.15) is 0 Å². The molecule has 1 fully saturated rings. The first-order valence-corrected chi connectivity index (χ1v) is 6.72. The molecule has 1 aliphatic rings. The third-order valence-electron chi connectivity index (χ3n) is 3.53. The number of hydrogen-bond acceptors (Lipinski definition) is 2. The molecule has 1 aliphatic carbocycles. The van der Waals surface area contributed by atoms with Crippen molar-refractivity contribution in [3.8, 4) is 0 Å². The van der Waals surface area contributed by atoms with Gasteiger partial charge in [-0.1, -0.05) is 6.92 Å². The fourth-order valence-corrected chi connectivity index (χ4v) is 1.98. The highest BCUT2D eigenvalue weighted by Gasteiger charge is 2.32. The minimum atomic E-state index is 0.472. The van der Waals surface area contributed by atoms with E-state index in [9.17, 15) is 0 Å². The predicted molar refractivity (Wildman–Crippen MR) is 74.4 cm³/mol. The summed E-state index contributed by atoms with van der Waals surface area (Å²) in [5, 5.41) is 6.82. The summed E-state index contributed by atoms with van der Waals surface area (Å²) in [7, 11) is 6.16. The SMILES string of the molecule is CCC(C)NC(=NC)NCC(C1CC1)N(C)C. The van der Waals surface area contributed by atoms with Gasteiger partial charge in [-0.25, -0.2) is 0 Å². The van der Waals surface area contributed by atoms with Crippen molar-refractivity contribution >= 4 is 5.96 Å². The van der Waals surface area contributed by atoms with Gasteiger partial charge in [0.1, 0.15) is 0 Å². The van der Waals surface area contributed by atoms with E-state index in [1.807, 2.05) is 7.05 Å². The van der Waals surface area contributed by atoms with Crippen LogP contribution in [0.25, 0.3) is 0 Å². The molecule has 0 heterocycles. The molecule has 0 amide bonds. The lowest BCUT2D eigenvalue weighted by Crippen LogP contribution is -2.48. The number of aliphatic imine (C=N–C) groups is 1. The van der Waals surface area contributed by atoms with E-state index in [1.54, 1.807) is 0 Å². The van der Waals surface area contributed by atoms with E-state index in [0.29, 0.717) is 12.1 Å². The molecule has 1 saturated carbocycles. The summed E-state index contributed by atoms with van der Waals surface area (Å²) < 4.78 is 0. The zero-order chi connectivity index (χ0) is 12.8. The molecule has 0 spiro atoms. The minimum Gasteiger partial charge on any atom is -0.355 e. The Bertz CT molecular complexity index is 244. The van der Waals surface area contributed by atoms with Crippen molar-refractivity contribution in [3.05, 3.63) is 0 Å². The zero-order valence-corrected chi connectivity index (χ0v) is 12.0. The maximum atomic E-state index is 4.26. The van der Waals surface area contributed by atoms with Crippen molar-refractivity contribution < 1.29 is 0 Å². The Morgan fingerprint density at radius 2 is 2.06 bits per heavy atom. The van der Waals surface area contributed by atoms with Crippen molar-refractivity contribution in [2.75, 3.05) is 27.7 Å². The standard InChI is InChI=1S/C13H28N4/c1-6-10(2)16-13(14-3)15-9-12(17(4)5)11-7-8-11/h10-12H,6-9H2,1-5H3,(H2,14,15,16). The van der Waals surface area contributed by atoms with Crippen LogP contribution < -0.4 is 10.6 Å². The van der Waals surface area contributed by atoms with Gasteiger partial charge in [0.05, 0.1) is 0 Å². The smallest absolute Gasteiger partial charge is 0.191 e. The van der Waals surface area contributed by atoms with Gasteiger partial charge in [-0.3, -0.25) is 4.99 Å². The quantitative estimate of drug-likeness (QED) is 0.543. The molecule has 2 unspecified atom stereocenters. The van der Waals surface area contributed by atoms with Gasteiger partial charge in [0.2, 0.25) is 0 Å². The summed E-state index contributed by atoms with van der Waals surface area (Å²) in [5.41, 5.74) is 0. The number of likely N-dealkylation sites (N-methyl/N-ethyl adjacent to an activating group) is 1. The van der Waals surface area contributed by atoms with Gasteiger partial charge in [-0.05, 0) is 46.2 Å². The average Bonchev–Trinajstić information content (AvgIpc) is 3.11. The summed E-state index contributed by atoms with van der Waals surface area (Å²) in [4.78, 5) is 6.58. The first-order chi connectivity index (χ1) is 8.08. The molecule has 0 aromatic heterocycles. The molecular weight excluding hydrogens is 212 g/mol. The summed E-state index contributed by atoms with van der Waals surface area (Å²) in [5.74, 6) is 1.80. The van der Waals surface area contributed by atoms with Crippen LogP contribution in [-0.4, -0.2) is 50.6 Å². The number of nitrogens with zero attached hydrogens (tertiary/aromatic N) is 2. The Labute approximate surface area is 106 Å². The van der Waals surface area contributed by atoms with Crippen LogP contribution >= 0.6 is 0 Å². The van der Waals surface area contributed by atoms with Gasteiger partial charge >= 0.3 is 0 Å². The maximum Gasteiger partial charge on any atom is 0.191 e. The second kappa shape index (κ2) is 6.84. The summed E-state index contributed by atoms with van der Waals surface area (Å²) >= 11 is 0. The van der Waals surface area contributed by atoms with Crippen LogP contribution in [0.15, 0.2) is 4.99 Å². The average molecular weight is 240 g/mol. The summed E-state index contributed by atoms with van der Waals surface area (Å²) in [6.07, 6.45) is 3.87. The first-order valence-electron chi connectivity index (χ1n) is 6.72. The van der Waals surface area contributed by atoms with Gasteiger partial charge in [-0.15, -0.1) is 0 Å². The number of nitrogens with one attached hydrogen (secondary N) is 2. The first kappa shape index (κ1) is 14.3. The van der Waals surface area contributed by atoms with Crippen LogP contribution in [0.3, 0.4) is 0 Å². The Balaban J connectivity index is 2.35. The molecule has 0 radical (unpaired) electrons. The van der Waals surface area contributed by atoms with E-state index >= 15 is 0 Å². The Kier molecular flexibility index (Phi) is 5.75. The minimum absolute atomic E-state index is 0.472. The Hall–Kier alpha value is -0.770. The van der Waals surface area contributed by atoms with Gasteiger partial charge < -0.3 is 15.5 Å². The number of guanidine groups is 1. The van der Waals surface area contributed by atoms with Crippen molar-refractivity contribution in [1.29, 1.82) is 0 Å². The monoisotopic (exact) mass is 240 g/mol. The highest BCUT2D eigenvalue weighted by atomic mass is 15.2. The number of rotatable bonds is 6. The lowest BCUT2D eigenvalue weighted by atomic mass is 10.1. The van der Waals surface area contributed by atoms with Crippen molar-refractivity contribution in [3.63, 3.8) is 0 Å². The van der Waals surface area contributed by atoms with Gasteiger partial charge in [0.15, 0.2) is 5.96 Å². The molecular formula is C13H28N4.